The van der Waals surface area contributed by atoms with Gasteiger partial charge in [-0.2, -0.15) is 4.99 Å². The lowest BCUT2D eigenvalue weighted by molar-refractivity contribution is 0.0991. The Hall–Kier alpha value is -2.53. The lowest BCUT2D eigenvalue weighted by Gasteiger charge is -1.99. The number of thiazole rings is 1. The minimum atomic E-state index is -0.303. The van der Waals surface area contributed by atoms with E-state index < -0.39 is 0 Å². The third-order valence-electron chi connectivity index (χ3n) is 4.02. The van der Waals surface area contributed by atoms with Crippen LogP contribution in [0.25, 0.3) is 10.2 Å². The van der Waals surface area contributed by atoms with Crippen molar-refractivity contribution in [2.45, 2.75) is 20.3 Å². The SMILES string of the molecule is CCc1ccc2c(c1)sc(=NC(=O)c1ccc(C(C)=O)cc1)n2C. The number of aryl methyl sites for hydroxylation is 2. The first-order chi connectivity index (χ1) is 11.5. The second-order valence-corrected chi connectivity index (χ2v) is 6.66. The van der Waals surface area contributed by atoms with Crippen LogP contribution >= 0.6 is 11.3 Å². The molecule has 1 aromatic heterocycles. The summed E-state index contributed by atoms with van der Waals surface area (Å²) in [6.45, 7) is 3.62. The molecule has 24 heavy (non-hydrogen) atoms. The van der Waals surface area contributed by atoms with E-state index in [1.54, 1.807) is 24.3 Å². The highest BCUT2D eigenvalue weighted by molar-refractivity contribution is 7.16. The molecule has 3 rings (SSSR count). The average Bonchev–Trinajstić information content (AvgIpc) is 2.90. The van der Waals surface area contributed by atoms with Crippen molar-refractivity contribution in [1.29, 1.82) is 0 Å². The molecule has 0 radical (unpaired) electrons. The molecule has 0 aliphatic rings. The second kappa shape index (κ2) is 6.53. The molecule has 0 N–H and O–H groups in total. The molecule has 0 atom stereocenters. The molecule has 0 saturated carbocycles. The van der Waals surface area contributed by atoms with E-state index in [-0.39, 0.29) is 11.7 Å². The van der Waals surface area contributed by atoms with Crippen LogP contribution in [-0.2, 0) is 13.5 Å². The number of amides is 1. The largest absolute Gasteiger partial charge is 0.319 e. The van der Waals surface area contributed by atoms with Gasteiger partial charge in [-0.15, -0.1) is 0 Å². The van der Waals surface area contributed by atoms with Crippen LogP contribution < -0.4 is 4.80 Å². The second-order valence-electron chi connectivity index (χ2n) is 5.65. The van der Waals surface area contributed by atoms with E-state index in [0.717, 1.165) is 16.6 Å². The summed E-state index contributed by atoms with van der Waals surface area (Å²) in [6.07, 6.45) is 0.978. The summed E-state index contributed by atoms with van der Waals surface area (Å²) in [4.78, 5) is 28.6. The fraction of sp³-hybridized carbons (Fsp3) is 0.211. The molecule has 3 aromatic rings. The van der Waals surface area contributed by atoms with Crippen molar-refractivity contribution in [2.75, 3.05) is 0 Å². The maximum Gasteiger partial charge on any atom is 0.279 e. The van der Waals surface area contributed by atoms with Crippen molar-refractivity contribution in [3.63, 3.8) is 0 Å². The maximum absolute atomic E-state index is 12.4. The number of carbonyl (C=O) groups is 2. The van der Waals surface area contributed by atoms with Crippen LogP contribution in [0.2, 0.25) is 0 Å². The summed E-state index contributed by atoms with van der Waals surface area (Å²) < 4.78 is 3.05. The van der Waals surface area contributed by atoms with Gasteiger partial charge in [0.1, 0.15) is 0 Å². The molecule has 1 heterocycles. The summed E-state index contributed by atoms with van der Waals surface area (Å²) >= 11 is 1.51. The van der Waals surface area contributed by atoms with E-state index in [9.17, 15) is 9.59 Å². The van der Waals surface area contributed by atoms with Crippen molar-refractivity contribution in [1.82, 2.24) is 4.57 Å². The molecule has 0 fully saturated rings. The number of nitrogens with zero attached hydrogens (tertiary/aromatic N) is 2. The Bertz CT molecular complexity index is 994. The molecule has 0 aliphatic carbocycles. The molecule has 2 aromatic carbocycles. The van der Waals surface area contributed by atoms with E-state index in [2.05, 4.69) is 30.1 Å². The van der Waals surface area contributed by atoms with Crippen LogP contribution in [-0.4, -0.2) is 16.3 Å². The Kier molecular flexibility index (Phi) is 4.44. The molecule has 0 bridgehead atoms. The molecular formula is C19H18N2O2S. The zero-order chi connectivity index (χ0) is 17.3. The minimum absolute atomic E-state index is 0.0198. The molecule has 0 saturated heterocycles. The molecule has 122 valence electrons. The van der Waals surface area contributed by atoms with Crippen molar-refractivity contribution in [3.8, 4) is 0 Å². The smallest absolute Gasteiger partial charge is 0.279 e. The summed E-state index contributed by atoms with van der Waals surface area (Å²) in [7, 11) is 1.91. The first-order valence-corrected chi connectivity index (χ1v) is 8.59. The monoisotopic (exact) mass is 338 g/mol. The van der Waals surface area contributed by atoms with Gasteiger partial charge < -0.3 is 4.57 Å². The quantitative estimate of drug-likeness (QED) is 0.683. The zero-order valence-electron chi connectivity index (χ0n) is 13.9. The van der Waals surface area contributed by atoms with Gasteiger partial charge in [0.15, 0.2) is 10.6 Å². The third-order valence-corrected chi connectivity index (χ3v) is 5.11. The van der Waals surface area contributed by atoms with Crippen LogP contribution in [0.1, 0.15) is 40.1 Å². The Morgan fingerprint density at radius 3 is 2.38 bits per heavy atom. The average molecular weight is 338 g/mol. The molecule has 0 aliphatic heterocycles. The number of benzene rings is 2. The molecule has 4 nitrogen and oxygen atoms in total. The first-order valence-electron chi connectivity index (χ1n) is 7.78. The fourth-order valence-electron chi connectivity index (χ4n) is 2.50. The van der Waals surface area contributed by atoms with Crippen molar-refractivity contribution < 1.29 is 9.59 Å². The van der Waals surface area contributed by atoms with Crippen LogP contribution in [0, 0.1) is 0 Å². The number of ketones is 1. The number of fused-ring (bicyclic) bond motifs is 1. The summed E-state index contributed by atoms with van der Waals surface area (Å²) in [5.41, 5.74) is 3.40. The highest BCUT2D eigenvalue weighted by Gasteiger charge is 2.08. The van der Waals surface area contributed by atoms with Gasteiger partial charge in [0, 0.05) is 18.2 Å². The van der Waals surface area contributed by atoms with Gasteiger partial charge in [0.25, 0.3) is 5.91 Å². The lowest BCUT2D eigenvalue weighted by atomic mass is 10.1. The molecule has 0 spiro atoms. The highest BCUT2D eigenvalue weighted by atomic mass is 32.1. The third kappa shape index (κ3) is 3.08. The normalized spacial score (nSPS) is 11.9. The van der Waals surface area contributed by atoms with E-state index in [4.69, 9.17) is 0 Å². The number of hydrogen-bond donors (Lipinski definition) is 0. The molecule has 0 unspecified atom stereocenters. The summed E-state index contributed by atoms with van der Waals surface area (Å²) in [6, 6.07) is 12.9. The van der Waals surface area contributed by atoms with Gasteiger partial charge in [-0.3, -0.25) is 9.59 Å². The molecule has 5 heteroatoms. The van der Waals surface area contributed by atoms with Crippen LogP contribution in [0.4, 0.5) is 0 Å². The van der Waals surface area contributed by atoms with Gasteiger partial charge in [0.2, 0.25) is 0 Å². The van der Waals surface area contributed by atoms with Crippen LogP contribution in [0.5, 0.6) is 0 Å². The summed E-state index contributed by atoms with van der Waals surface area (Å²) in [5.74, 6) is -0.323. The number of aromatic nitrogens is 1. The number of rotatable bonds is 3. The minimum Gasteiger partial charge on any atom is -0.319 e. The van der Waals surface area contributed by atoms with Gasteiger partial charge in [0.05, 0.1) is 10.2 Å². The van der Waals surface area contributed by atoms with Gasteiger partial charge in [-0.25, -0.2) is 0 Å². The van der Waals surface area contributed by atoms with Gasteiger partial charge >= 0.3 is 0 Å². The maximum atomic E-state index is 12.4. The van der Waals surface area contributed by atoms with Crippen molar-refractivity contribution in [2.24, 2.45) is 12.0 Å². The van der Waals surface area contributed by atoms with E-state index in [1.165, 1.54) is 23.8 Å². The standard InChI is InChI=1S/C19H18N2O2S/c1-4-13-5-10-16-17(11-13)24-19(21(16)3)20-18(23)15-8-6-14(7-9-15)12(2)22/h5-11H,4H2,1-3H3. The number of carbonyl (C=O) groups excluding carboxylic acids is 2. The first kappa shape index (κ1) is 16.3. The number of Topliss-reactive ketones (excluding diaryl/α,β-unsaturated/α-hetero) is 1. The predicted octanol–water partition coefficient (Wildman–Crippen LogP) is 3.75. The van der Waals surface area contributed by atoms with E-state index in [1.807, 2.05) is 11.6 Å². The lowest BCUT2D eigenvalue weighted by Crippen LogP contribution is -2.13. The predicted molar refractivity (Wildman–Crippen MR) is 96.5 cm³/mol. The Labute approximate surface area is 144 Å². The van der Waals surface area contributed by atoms with Crippen LogP contribution in [0.15, 0.2) is 47.5 Å². The summed E-state index contributed by atoms with van der Waals surface area (Å²) in [5, 5.41) is 0. The van der Waals surface area contributed by atoms with Crippen LogP contribution in [0.3, 0.4) is 0 Å². The van der Waals surface area contributed by atoms with E-state index in [0.29, 0.717) is 15.9 Å². The van der Waals surface area contributed by atoms with Gasteiger partial charge in [-0.05, 0) is 43.2 Å². The Morgan fingerprint density at radius 1 is 1.08 bits per heavy atom. The fourth-order valence-corrected chi connectivity index (χ4v) is 3.58. The van der Waals surface area contributed by atoms with Crippen molar-refractivity contribution >= 4 is 33.2 Å². The zero-order valence-corrected chi connectivity index (χ0v) is 14.7. The highest BCUT2D eigenvalue weighted by Crippen LogP contribution is 2.19. The van der Waals surface area contributed by atoms with Gasteiger partial charge in [-0.1, -0.05) is 36.5 Å². The molecule has 1 amide bonds. The Balaban J connectivity index is 2.01. The molecular weight excluding hydrogens is 320 g/mol. The Morgan fingerprint density at radius 2 is 1.75 bits per heavy atom. The topological polar surface area (TPSA) is 51.4 Å². The number of hydrogen-bond acceptors (Lipinski definition) is 3. The van der Waals surface area contributed by atoms with Crippen molar-refractivity contribution in [3.05, 3.63) is 64.0 Å². The van der Waals surface area contributed by atoms with E-state index >= 15 is 0 Å².